The van der Waals surface area contributed by atoms with Crippen molar-refractivity contribution < 1.29 is 9.32 Å². The summed E-state index contributed by atoms with van der Waals surface area (Å²) in [5.41, 5.74) is 5.38. The molecule has 0 spiro atoms. The van der Waals surface area contributed by atoms with Crippen LogP contribution in [0.3, 0.4) is 0 Å². The van der Waals surface area contributed by atoms with Gasteiger partial charge in [-0.2, -0.15) is 0 Å². The first kappa shape index (κ1) is 20.3. The summed E-state index contributed by atoms with van der Waals surface area (Å²) in [6.07, 6.45) is 6.04. The third kappa shape index (κ3) is 4.24. The molecule has 0 saturated carbocycles. The monoisotopic (exact) mass is 417 g/mol. The number of benzene rings is 2. The van der Waals surface area contributed by atoms with Gasteiger partial charge < -0.3 is 9.42 Å². The van der Waals surface area contributed by atoms with Crippen molar-refractivity contribution in [1.29, 1.82) is 0 Å². The summed E-state index contributed by atoms with van der Waals surface area (Å²) in [5.74, 6) is 0.941. The molecule has 1 aromatic heterocycles. The average molecular weight is 418 g/mol. The maximum absolute atomic E-state index is 12.4. The molecule has 0 bridgehead atoms. The highest BCUT2D eigenvalue weighted by atomic mass is 16.5. The van der Waals surface area contributed by atoms with E-state index in [1.54, 1.807) is 0 Å². The number of carbonyl (C=O) groups is 1. The van der Waals surface area contributed by atoms with Crippen molar-refractivity contribution in [1.82, 2.24) is 10.1 Å². The van der Waals surface area contributed by atoms with Crippen molar-refractivity contribution in [2.45, 2.75) is 52.0 Å². The molecule has 2 aromatic carbocycles. The number of fused-ring (bicyclic) bond motifs is 2. The highest BCUT2D eigenvalue weighted by Gasteiger charge is 2.28. The van der Waals surface area contributed by atoms with E-state index in [1.807, 2.05) is 11.0 Å². The number of amides is 1. The Morgan fingerprint density at radius 3 is 2.71 bits per heavy atom. The molecule has 0 aliphatic carbocycles. The molecule has 162 valence electrons. The maximum atomic E-state index is 12.4. The Morgan fingerprint density at radius 2 is 1.94 bits per heavy atom. The molecule has 0 unspecified atom stereocenters. The highest BCUT2D eigenvalue weighted by molar-refractivity contribution is 6.04. The molecule has 3 aromatic rings. The number of hydrogen-bond acceptors (Lipinski definition) is 4. The van der Waals surface area contributed by atoms with Gasteiger partial charge in [0.15, 0.2) is 5.58 Å². The zero-order valence-electron chi connectivity index (χ0n) is 18.3. The third-order valence-electron chi connectivity index (χ3n) is 6.87. The van der Waals surface area contributed by atoms with Crippen molar-refractivity contribution in [2.75, 3.05) is 24.5 Å². The fraction of sp³-hybridized carbons (Fsp3) is 0.462. The number of aromatic nitrogens is 1. The standard InChI is InChI=1S/C26H31N3O2/c1-2-12-29-24-17-25-22(15-21(24)16-26(29)30)23(27-31-25)9-8-19-10-13-28(14-11-19)18-20-6-4-3-5-7-20/h3-7,15,17,19H,2,8-14,16,18H2,1H3. The number of nitrogens with zero attached hydrogens (tertiary/aromatic N) is 3. The number of piperidine rings is 1. The molecule has 0 radical (unpaired) electrons. The Kier molecular flexibility index (Phi) is 5.77. The van der Waals surface area contributed by atoms with Crippen LogP contribution >= 0.6 is 0 Å². The normalized spacial score (nSPS) is 17.6. The van der Waals surface area contributed by atoms with E-state index in [0.29, 0.717) is 6.42 Å². The lowest BCUT2D eigenvalue weighted by molar-refractivity contribution is -0.117. The van der Waals surface area contributed by atoms with Crippen LogP contribution in [0.4, 0.5) is 5.69 Å². The van der Waals surface area contributed by atoms with Gasteiger partial charge in [0.1, 0.15) is 0 Å². The molecule has 0 atom stereocenters. The number of hydrogen-bond donors (Lipinski definition) is 0. The van der Waals surface area contributed by atoms with E-state index in [-0.39, 0.29) is 5.91 Å². The quantitative estimate of drug-likeness (QED) is 0.544. The summed E-state index contributed by atoms with van der Waals surface area (Å²) < 4.78 is 5.66. The van der Waals surface area contributed by atoms with E-state index < -0.39 is 0 Å². The maximum Gasteiger partial charge on any atom is 0.231 e. The Hall–Kier alpha value is -2.66. The topological polar surface area (TPSA) is 49.6 Å². The molecule has 1 saturated heterocycles. The lowest BCUT2D eigenvalue weighted by Crippen LogP contribution is -2.33. The number of likely N-dealkylation sites (tertiary alicyclic amines) is 1. The summed E-state index contributed by atoms with van der Waals surface area (Å²) >= 11 is 0. The minimum absolute atomic E-state index is 0.196. The fourth-order valence-electron chi connectivity index (χ4n) is 5.12. The molecule has 2 aliphatic heterocycles. The molecule has 1 amide bonds. The first-order valence-corrected chi connectivity index (χ1v) is 11.7. The van der Waals surface area contributed by atoms with Crippen LogP contribution in [0, 0.1) is 5.92 Å². The van der Waals surface area contributed by atoms with Gasteiger partial charge in [0.05, 0.1) is 17.8 Å². The van der Waals surface area contributed by atoms with Gasteiger partial charge >= 0.3 is 0 Å². The van der Waals surface area contributed by atoms with Crippen molar-refractivity contribution in [3.05, 3.63) is 59.3 Å². The predicted molar refractivity (Wildman–Crippen MR) is 123 cm³/mol. The molecule has 5 nitrogen and oxygen atoms in total. The van der Waals surface area contributed by atoms with Gasteiger partial charge in [0.2, 0.25) is 5.91 Å². The summed E-state index contributed by atoms with van der Waals surface area (Å²) in [6.45, 7) is 6.26. The Balaban J connectivity index is 1.19. The average Bonchev–Trinajstić information content (AvgIpc) is 3.32. The second kappa shape index (κ2) is 8.83. The van der Waals surface area contributed by atoms with Gasteiger partial charge in [-0.25, -0.2) is 0 Å². The van der Waals surface area contributed by atoms with Crippen LogP contribution in [-0.2, 0) is 24.2 Å². The van der Waals surface area contributed by atoms with Crippen LogP contribution in [0.2, 0.25) is 0 Å². The minimum Gasteiger partial charge on any atom is -0.356 e. The molecular formula is C26H31N3O2. The van der Waals surface area contributed by atoms with Gasteiger partial charge in [-0.05, 0) is 68.3 Å². The lowest BCUT2D eigenvalue weighted by Gasteiger charge is -2.31. The molecule has 1 fully saturated rings. The van der Waals surface area contributed by atoms with E-state index in [9.17, 15) is 4.79 Å². The molecule has 5 rings (SSSR count). The van der Waals surface area contributed by atoms with Crippen LogP contribution in [0.5, 0.6) is 0 Å². The van der Waals surface area contributed by atoms with E-state index >= 15 is 0 Å². The Labute approximate surface area is 184 Å². The highest BCUT2D eigenvalue weighted by Crippen LogP contribution is 2.35. The fourth-order valence-corrected chi connectivity index (χ4v) is 5.12. The summed E-state index contributed by atoms with van der Waals surface area (Å²) in [7, 11) is 0. The largest absolute Gasteiger partial charge is 0.356 e. The molecule has 0 N–H and O–H groups in total. The van der Waals surface area contributed by atoms with Crippen LogP contribution in [-0.4, -0.2) is 35.6 Å². The predicted octanol–water partition coefficient (Wildman–Crippen LogP) is 4.97. The Morgan fingerprint density at radius 1 is 1.13 bits per heavy atom. The van der Waals surface area contributed by atoms with E-state index in [2.05, 4.69) is 53.4 Å². The second-order valence-corrected chi connectivity index (χ2v) is 9.07. The van der Waals surface area contributed by atoms with Crippen molar-refractivity contribution in [2.24, 2.45) is 5.92 Å². The first-order valence-electron chi connectivity index (χ1n) is 11.7. The minimum atomic E-state index is 0.196. The van der Waals surface area contributed by atoms with Gasteiger partial charge in [-0.15, -0.1) is 0 Å². The van der Waals surface area contributed by atoms with Gasteiger partial charge in [-0.1, -0.05) is 42.4 Å². The van der Waals surface area contributed by atoms with Crippen LogP contribution < -0.4 is 4.90 Å². The number of aryl methyl sites for hydroxylation is 1. The second-order valence-electron chi connectivity index (χ2n) is 9.07. The van der Waals surface area contributed by atoms with E-state index in [1.165, 1.54) is 31.5 Å². The van der Waals surface area contributed by atoms with Crippen molar-refractivity contribution in [3.63, 3.8) is 0 Å². The van der Waals surface area contributed by atoms with Crippen LogP contribution in [0.15, 0.2) is 47.0 Å². The van der Waals surface area contributed by atoms with Gasteiger partial charge in [0, 0.05) is 24.5 Å². The lowest BCUT2D eigenvalue weighted by atomic mass is 9.91. The number of rotatable bonds is 7. The first-order chi connectivity index (χ1) is 15.2. The number of anilines is 1. The molecule has 31 heavy (non-hydrogen) atoms. The zero-order chi connectivity index (χ0) is 21.2. The summed E-state index contributed by atoms with van der Waals surface area (Å²) in [4.78, 5) is 16.8. The SMILES string of the molecule is CCCN1C(=O)Cc2cc3c(CCC4CCN(Cc5ccccc5)CC4)noc3cc21. The van der Waals surface area contributed by atoms with Gasteiger partial charge in [-0.3, -0.25) is 9.69 Å². The zero-order valence-corrected chi connectivity index (χ0v) is 18.3. The molecule has 3 heterocycles. The summed E-state index contributed by atoms with van der Waals surface area (Å²) in [6, 6.07) is 14.9. The van der Waals surface area contributed by atoms with Crippen molar-refractivity contribution in [3.8, 4) is 0 Å². The summed E-state index contributed by atoms with van der Waals surface area (Å²) in [5, 5.41) is 5.48. The van der Waals surface area contributed by atoms with E-state index in [0.717, 1.165) is 66.2 Å². The van der Waals surface area contributed by atoms with E-state index in [4.69, 9.17) is 4.52 Å². The molecular weight excluding hydrogens is 386 g/mol. The van der Waals surface area contributed by atoms with Crippen LogP contribution in [0.1, 0.15) is 49.4 Å². The number of carbonyl (C=O) groups excluding carboxylic acids is 1. The molecule has 5 heteroatoms. The smallest absolute Gasteiger partial charge is 0.231 e. The Bertz CT molecular complexity index is 1050. The van der Waals surface area contributed by atoms with Crippen LogP contribution in [0.25, 0.3) is 11.0 Å². The molecule has 2 aliphatic rings. The van der Waals surface area contributed by atoms with Crippen molar-refractivity contribution >= 4 is 22.6 Å². The van der Waals surface area contributed by atoms with Gasteiger partial charge in [0.25, 0.3) is 0 Å². The third-order valence-corrected chi connectivity index (χ3v) is 6.87.